The number of aromatic nitrogens is 2. The molecular weight excluding hydrogens is 338 g/mol. The van der Waals surface area contributed by atoms with Gasteiger partial charge in [-0.25, -0.2) is 9.97 Å². The molecule has 0 aliphatic carbocycles. The number of nitrogens with one attached hydrogen (secondary N) is 1. The van der Waals surface area contributed by atoms with Gasteiger partial charge in [0.15, 0.2) is 0 Å². The lowest BCUT2D eigenvalue weighted by Crippen LogP contribution is -2.35. The molecule has 6 nitrogen and oxygen atoms in total. The first-order chi connectivity index (χ1) is 13.0. The van der Waals surface area contributed by atoms with Crippen LogP contribution in [0.4, 0.5) is 5.95 Å². The second-order valence-corrected chi connectivity index (χ2v) is 8.03. The van der Waals surface area contributed by atoms with E-state index in [9.17, 15) is 4.79 Å². The van der Waals surface area contributed by atoms with E-state index in [1.54, 1.807) is 6.07 Å². The fourth-order valence-electron chi connectivity index (χ4n) is 4.48. The van der Waals surface area contributed by atoms with Crippen molar-refractivity contribution in [3.63, 3.8) is 0 Å². The van der Waals surface area contributed by atoms with E-state index >= 15 is 0 Å². The SMILES string of the molecule is Cc1ccccc1[C@H]1[C@H]2CNC[C@H]2CN1C(=O)c1cc(C(C)C)nc(N)n1. The van der Waals surface area contributed by atoms with E-state index in [2.05, 4.69) is 40.4 Å². The Morgan fingerprint density at radius 1 is 1.26 bits per heavy atom. The molecule has 6 heteroatoms. The molecule has 142 valence electrons. The molecule has 0 saturated carbocycles. The van der Waals surface area contributed by atoms with Crippen LogP contribution in [0.3, 0.4) is 0 Å². The molecule has 4 rings (SSSR count). The molecule has 27 heavy (non-hydrogen) atoms. The van der Waals surface area contributed by atoms with Crippen LogP contribution in [-0.2, 0) is 0 Å². The zero-order chi connectivity index (χ0) is 19.1. The fourth-order valence-corrected chi connectivity index (χ4v) is 4.48. The molecule has 1 amide bonds. The largest absolute Gasteiger partial charge is 0.368 e. The summed E-state index contributed by atoms with van der Waals surface area (Å²) in [4.78, 5) is 24.0. The third-order valence-corrected chi connectivity index (χ3v) is 5.91. The van der Waals surface area contributed by atoms with Crippen LogP contribution in [-0.4, -0.2) is 40.4 Å². The Morgan fingerprint density at radius 3 is 2.78 bits per heavy atom. The Hall–Kier alpha value is -2.47. The second-order valence-electron chi connectivity index (χ2n) is 8.03. The zero-order valence-corrected chi connectivity index (χ0v) is 16.1. The minimum Gasteiger partial charge on any atom is -0.368 e. The van der Waals surface area contributed by atoms with E-state index < -0.39 is 0 Å². The van der Waals surface area contributed by atoms with Gasteiger partial charge in [0, 0.05) is 31.2 Å². The zero-order valence-electron chi connectivity index (χ0n) is 16.1. The Kier molecular flexibility index (Phi) is 4.60. The maximum absolute atomic E-state index is 13.5. The lowest BCUT2D eigenvalue weighted by atomic mass is 9.87. The van der Waals surface area contributed by atoms with Gasteiger partial charge in [-0.15, -0.1) is 0 Å². The van der Waals surface area contributed by atoms with E-state index in [0.29, 0.717) is 17.5 Å². The predicted molar refractivity (Wildman–Crippen MR) is 105 cm³/mol. The molecule has 2 aliphatic heterocycles. The molecule has 3 N–H and O–H groups in total. The molecule has 0 spiro atoms. The van der Waals surface area contributed by atoms with Crippen molar-refractivity contribution >= 4 is 11.9 Å². The molecule has 2 saturated heterocycles. The summed E-state index contributed by atoms with van der Waals surface area (Å²) in [5, 5.41) is 3.49. The molecule has 1 aromatic heterocycles. The quantitative estimate of drug-likeness (QED) is 0.873. The summed E-state index contributed by atoms with van der Waals surface area (Å²) >= 11 is 0. The van der Waals surface area contributed by atoms with Gasteiger partial charge in [-0.1, -0.05) is 38.1 Å². The van der Waals surface area contributed by atoms with Crippen LogP contribution in [0.25, 0.3) is 0 Å². The van der Waals surface area contributed by atoms with Gasteiger partial charge >= 0.3 is 0 Å². The summed E-state index contributed by atoms with van der Waals surface area (Å²) in [6, 6.07) is 10.2. The van der Waals surface area contributed by atoms with Crippen molar-refractivity contribution in [3.8, 4) is 0 Å². The number of carbonyl (C=O) groups excluding carboxylic acids is 1. The molecule has 2 aliphatic rings. The maximum Gasteiger partial charge on any atom is 0.273 e. The number of anilines is 1. The van der Waals surface area contributed by atoms with Gasteiger partial charge < -0.3 is 16.0 Å². The van der Waals surface area contributed by atoms with Crippen molar-refractivity contribution in [2.75, 3.05) is 25.4 Å². The maximum atomic E-state index is 13.5. The molecule has 0 unspecified atom stereocenters. The number of hydrogen-bond acceptors (Lipinski definition) is 5. The number of rotatable bonds is 3. The van der Waals surface area contributed by atoms with E-state index in [4.69, 9.17) is 5.73 Å². The second kappa shape index (κ2) is 6.93. The molecule has 0 radical (unpaired) electrons. The number of benzene rings is 1. The molecule has 3 heterocycles. The van der Waals surface area contributed by atoms with Crippen LogP contribution in [0.1, 0.15) is 53.1 Å². The van der Waals surface area contributed by atoms with E-state index in [1.807, 2.05) is 24.8 Å². The molecule has 1 aromatic carbocycles. The highest BCUT2D eigenvalue weighted by Crippen LogP contribution is 2.44. The fraction of sp³-hybridized carbons (Fsp3) is 0.476. The highest BCUT2D eigenvalue weighted by molar-refractivity contribution is 5.93. The van der Waals surface area contributed by atoms with Gasteiger partial charge in [0.05, 0.1) is 6.04 Å². The molecular formula is C21H27N5O. The Morgan fingerprint density at radius 2 is 2.04 bits per heavy atom. The summed E-state index contributed by atoms with van der Waals surface area (Å²) in [5.74, 6) is 1.21. The summed E-state index contributed by atoms with van der Waals surface area (Å²) in [6.07, 6.45) is 0. The number of likely N-dealkylation sites (tertiary alicyclic amines) is 1. The van der Waals surface area contributed by atoms with E-state index in [0.717, 1.165) is 25.3 Å². The number of nitrogen functional groups attached to an aromatic ring is 1. The van der Waals surface area contributed by atoms with Crippen LogP contribution >= 0.6 is 0 Å². The van der Waals surface area contributed by atoms with Crippen LogP contribution in [0, 0.1) is 18.8 Å². The van der Waals surface area contributed by atoms with Crippen molar-refractivity contribution in [2.45, 2.75) is 32.7 Å². The Bertz CT molecular complexity index is 865. The van der Waals surface area contributed by atoms with Crippen LogP contribution < -0.4 is 11.1 Å². The first kappa shape index (κ1) is 17.9. The average molecular weight is 365 g/mol. The van der Waals surface area contributed by atoms with Crippen molar-refractivity contribution in [1.82, 2.24) is 20.2 Å². The predicted octanol–water partition coefficient (Wildman–Crippen LogP) is 2.52. The highest BCUT2D eigenvalue weighted by atomic mass is 16.2. The van der Waals surface area contributed by atoms with Gasteiger partial charge in [0.25, 0.3) is 5.91 Å². The third-order valence-electron chi connectivity index (χ3n) is 5.91. The minimum atomic E-state index is -0.0475. The number of nitrogens with zero attached hydrogens (tertiary/aromatic N) is 3. The summed E-state index contributed by atoms with van der Waals surface area (Å²) in [6.45, 7) is 8.84. The van der Waals surface area contributed by atoms with E-state index in [1.165, 1.54) is 11.1 Å². The molecule has 2 fully saturated rings. The van der Waals surface area contributed by atoms with Gasteiger partial charge in [0.1, 0.15) is 5.69 Å². The third kappa shape index (κ3) is 3.18. The number of nitrogens with two attached hydrogens (primary N) is 1. The van der Waals surface area contributed by atoms with Crippen molar-refractivity contribution in [3.05, 3.63) is 52.8 Å². The van der Waals surface area contributed by atoms with Gasteiger partial charge in [-0.2, -0.15) is 0 Å². The topological polar surface area (TPSA) is 84.1 Å². The number of aryl methyl sites for hydroxylation is 1. The van der Waals surface area contributed by atoms with E-state index in [-0.39, 0.29) is 23.8 Å². The van der Waals surface area contributed by atoms with Gasteiger partial charge in [0.2, 0.25) is 5.95 Å². The molecule has 2 aromatic rings. The summed E-state index contributed by atoms with van der Waals surface area (Å²) in [5.41, 5.74) is 9.55. The smallest absolute Gasteiger partial charge is 0.273 e. The Labute approximate surface area is 160 Å². The molecule has 3 atom stereocenters. The van der Waals surface area contributed by atoms with Crippen molar-refractivity contribution in [2.24, 2.45) is 11.8 Å². The lowest BCUT2D eigenvalue weighted by Gasteiger charge is -2.29. The first-order valence-corrected chi connectivity index (χ1v) is 9.67. The lowest BCUT2D eigenvalue weighted by molar-refractivity contribution is 0.0707. The molecule has 0 bridgehead atoms. The number of carbonyl (C=O) groups is 1. The monoisotopic (exact) mass is 365 g/mol. The van der Waals surface area contributed by atoms with Crippen molar-refractivity contribution in [1.29, 1.82) is 0 Å². The highest BCUT2D eigenvalue weighted by Gasteiger charge is 2.47. The Balaban J connectivity index is 1.73. The average Bonchev–Trinajstić information content (AvgIpc) is 3.22. The van der Waals surface area contributed by atoms with Crippen molar-refractivity contribution < 1.29 is 4.79 Å². The van der Waals surface area contributed by atoms with Gasteiger partial charge in [-0.3, -0.25) is 4.79 Å². The summed E-state index contributed by atoms with van der Waals surface area (Å²) < 4.78 is 0. The van der Waals surface area contributed by atoms with Crippen LogP contribution in [0.5, 0.6) is 0 Å². The number of fused-ring (bicyclic) bond motifs is 1. The van der Waals surface area contributed by atoms with Gasteiger partial charge in [-0.05, 0) is 36.0 Å². The first-order valence-electron chi connectivity index (χ1n) is 9.67. The number of amides is 1. The van der Waals surface area contributed by atoms with Crippen LogP contribution in [0.2, 0.25) is 0 Å². The normalized spacial score (nSPS) is 24.4. The number of hydrogen-bond donors (Lipinski definition) is 2. The van der Waals surface area contributed by atoms with Crippen LogP contribution in [0.15, 0.2) is 30.3 Å². The standard InChI is InChI=1S/C21H27N5O/c1-12(2)17-8-18(25-21(22)24-17)20(27)26-11-14-9-23-10-16(14)19(26)15-7-5-4-6-13(15)3/h4-8,12,14,16,19,23H,9-11H2,1-3H3,(H2,22,24,25)/t14-,16-,19-/m0/s1. The summed E-state index contributed by atoms with van der Waals surface area (Å²) in [7, 11) is 0. The minimum absolute atomic E-state index is 0.0475.